The molecule has 190 valence electrons. The van der Waals surface area contributed by atoms with Gasteiger partial charge in [0.2, 0.25) is 0 Å². The fourth-order valence-electron chi connectivity index (χ4n) is 4.81. The molecular formula is C31H44O3Si. The minimum absolute atomic E-state index is 0.0228. The standard InChI is InChI=1S/C31H44O3Si/c1-31(2,3)35(28-20-12-10-13-21-28,29-22-14-11-15-23-29)34-27-18-9-7-5-4-6-8-17-25-32-30-24-16-19-26-33-30/h4,6-7,9-15,20-23,30H,5,8,16-19,24-27H2,1-3H3/b6-4-,9-7-. The number of hydrogen-bond donors (Lipinski definition) is 0. The number of rotatable bonds is 13. The maximum atomic E-state index is 6.93. The lowest BCUT2D eigenvalue weighted by atomic mass is 10.2. The Morgan fingerprint density at radius 2 is 1.46 bits per heavy atom. The average molecular weight is 493 g/mol. The van der Waals surface area contributed by atoms with Crippen molar-refractivity contribution in [3.63, 3.8) is 0 Å². The van der Waals surface area contributed by atoms with Gasteiger partial charge in [0.15, 0.2) is 6.29 Å². The van der Waals surface area contributed by atoms with Gasteiger partial charge in [-0.25, -0.2) is 0 Å². The van der Waals surface area contributed by atoms with E-state index in [9.17, 15) is 0 Å². The van der Waals surface area contributed by atoms with Crippen LogP contribution in [0.3, 0.4) is 0 Å². The molecule has 3 rings (SSSR count). The van der Waals surface area contributed by atoms with E-state index in [1.54, 1.807) is 0 Å². The van der Waals surface area contributed by atoms with Crippen LogP contribution in [0.2, 0.25) is 5.04 Å². The lowest BCUT2D eigenvalue weighted by molar-refractivity contribution is -0.162. The van der Waals surface area contributed by atoms with Crippen molar-refractivity contribution in [2.45, 2.75) is 77.0 Å². The molecule has 0 bridgehead atoms. The molecule has 1 unspecified atom stereocenters. The Bertz CT molecular complexity index is 841. The van der Waals surface area contributed by atoms with E-state index in [-0.39, 0.29) is 11.3 Å². The van der Waals surface area contributed by atoms with Crippen molar-refractivity contribution in [2.24, 2.45) is 0 Å². The first kappa shape index (κ1) is 27.6. The predicted molar refractivity (Wildman–Crippen MR) is 150 cm³/mol. The lowest BCUT2D eigenvalue weighted by Crippen LogP contribution is -2.66. The van der Waals surface area contributed by atoms with Gasteiger partial charge in [0.1, 0.15) is 0 Å². The van der Waals surface area contributed by atoms with E-state index in [0.717, 1.165) is 51.9 Å². The lowest BCUT2D eigenvalue weighted by Gasteiger charge is -2.43. The van der Waals surface area contributed by atoms with Crippen LogP contribution in [0.1, 0.15) is 65.7 Å². The van der Waals surface area contributed by atoms with Crippen LogP contribution in [0.25, 0.3) is 0 Å². The van der Waals surface area contributed by atoms with E-state index in [0.29, 0.717) is 0 Å². The fraction of sp³-hybridized carbons (Fsp3) is 0.484. The molecular weight excluding hydrogens is 448 g/mol. The fourth-order valence-corrected chi connectivity index (χ4v) is 9.39. The molecule has 0 radical (unpaired) electrons. The third-order valence-electron chi connectivity index (χ3n) is 6.58. The van der Waals surface area contributed by atoms with Crippen molar-refractivity contribution in [1.82, 2.24) is 0 Å². The van der Waals surface area contributed by atoms with Gasteiger partial charge in [-0.15, -0.1) is 0 Å². The highest BCUT2D eigenvalue weighted by Crippen LogP contribution is 2.36. The number of ether oxygens (including phenoxy) is 2. The van der Waals surface area contributed by atoms with Crippen LogP contribution in [0.5, 0.6) is 0 Å². The first-order valence-corrected chi connectivity index (χ1v) is 15.2. The Morgan fingerprint density at radius 3 is 2.03 bits per heavy atom. The molecule has 2 aromatic rings. The number of unbranched alkanes of at least 4 members (excludes halogenated alkanes) is 1. The summed E-state index contributed by atoms with van der Waals surface area (Å²) in [6, 6.07) is 21.7. The molecule has 0 N–H and O–H groups in total. The van der Waals surface area contributed by atoms with Crippen molar-refractivity contribution < 1.29 is 13.9 Å². The van der Waals surface area contributed by atoms with Crippen LogP contribution >= 0.6 is 0 Å². The number of benzene rings is 2. The molecule has 35 heavy (non-hydrogen) atoms. The number of hydrogen-bond acceptors (Lipinski definition) is 3. The van der Waals surface area contributed by atoms with Gasteiger partial charge in [0, 0.05) is 13.2 Å². The van der Waals surface area contributed by atoms with Crippen molar-refractivity contribution in [3.05, 3.63) is 85.0 Å². The molecule has 0 aliphatic carbocycles. The molecule has 0 amide bonds. The second-order valence-electron chi connectivity index (χ2n) is 10.3. The Morgan fingerprint density at radius 1 is 0.829 bits per heavy atom. The molecule has 0 saturated carbocycles. The highest BCUT2D eigenvalue weighted by molar-refractivity contribution is 6.99. The van der Waals surface area contributed by atoms with Crippen LogP contribution in [0.15, 0.2) is 85.0 Å². The van der Waals surface area contributed by atoms with Crippen LogP contribution in [0.4, 0.5) is 0 Å². The van der Waals surface area contributed by atoms with Crippen LogP contribution < -0.4 is 10.4 Å². The maximum Gasteiger partial charge on any atom is 0.261 e. The molecule has 3 nitrogen and oxygen atoms in total. The van der Waals surface area contributed by atoms with Gasteiger partial charge in [-0.2, -0.15) is 0 Å². The quantitative estimate of drug-likeness (QED) is 0.175. The zero-order chi connectivity index (χ0) is 24.8. The van der Waals surface area contributed by atoms with E-state index in [1.165, 1.54) is 23.2 Å². The summed E-state index contributed by atoms with van der Waals surface area (Å²) in [4.78, 5) is 0. The molecule has 0 aromatic heterocycles. The summed E-state index contributed by atoms with van der Waals surface area (Å²) < 4.78 is 18.3. The second kappa shape index (κ2) is 14.5. The molecule has 0 spiro atoms. The van der Waals surface area contributed by atoms with Gasteiger partial charge in [-0.3, -0.25) is 0 Å². The molecule has 1 atom stereocenters. The van der Waals surface area contributed by atoms with E-state index in [2.05, 4.69) is 106 Å². The third kappa shape index (κ3) is 8.28. The predicted octanol–water partition coefficient (Wildman–Crippen LogP) is 6.78. The van der Waals surface area contributed by atoms with E-state index in [4.69, 9.17) is 13.9 Å². The van der Waals surface area contributed by atoms with Gasteiger partial charge < -0.3 is 13.9 Å². The molecule has 2 aromatic carbocycles. The largest absolute Gasteiger partial charge is 0.407 e. The number of allylic oxidation sites excluding steroid dienone is 3. The van der Waals surface area contributed by atoms with Gasteiger partial charge in [-0.1, -0.05) is 106 Å². The Balaban J connectivity index is 1.45. The van der Waals surface area contributed by atoms with Crippen molar-refractivity contribution in [3.8, 4) is 0 Å². The van der Waals surface area contributed by atoms with E-state index in [1.807, 2.05) is 0 Å². The van der Waals surface area contributed by atoms with E-state index >= 15 is 0 Å². The summed E-state index contributed by atoms with van der Waals surface area (Å²) in [5.74, 6) is 0. The molecule has 1 aliphatic heterocycles. The molecule has 4 heteroatoms. The van der Waals surface area contributed by atoms with Crippen LogP contribution in [0, 0.1) is 0 Å². The van der Waals surface area contributed by atoms with Gasteiger partial charge in [0.05, 0.1) is 6.61 Å². The van der Waals surface area contributed by atoms with Crippen molar-refractivity contribution in [1.29, 1.82) is 0 Å². The normalized spacial score (nSPS) is 17.4. The van der Waals surface area contributed by atoms with Crippen molar-refractivity contribution in [2.75, 3.05) is 19.8 Å². The van der Waals surface area contributed by atoms with Crippen molar-refractivity contribution >= 4 is 18.7 Å². The molecule has 1 heterocycles. The topological polar surface area (TPSA) is 27.7 Å². The second-order valence-corrected chi connectivity index (χ2v) is 14.6. The summed E-state index contributed by atoms with van der Waals surface area (Å²) in [7, 11) is -2.42. The summed E-state index contributed by atoms with van der Waals surface area (Å²) in [5, 5.41) is 2.70. The summed E-state index contributed by atoms with van der Waals surface area (Å²) in [6.45, 7) is 9.34. The highest BCUT2D eigenvalue weighted by atomic mass is 28.4. The molecule has 1 saturated heterocycles. The van der Waals surface area contributed by atoms with E-state index < -0.39 is 8.32 Å². The third-order valence-corrected chi connectivity index (χ3v) is 11.6. The van der Waals surface area contributed by atoms with Crippen LogP contribution in [-0.4, -0.2) is 34.4 Å². The monoisotopic (exact) mass is 492 g/mol. The summed E-state index contributed by atoms with van der Waals surface area (Å²) in [5.41, 5.74) is 0. The zero-order valence-electron chi connectivity index (χ0n) is 22.0. The Labute approximate surface area is 214 Å². The SMILES string of the molecule is CC(C)(C)[Si](OCC/C=C\C/C=C\CCCOC1CCCCO1)(c1ccccc1)c1ccccc1. The summed E-state index contributed by atoms with van der Waals surface area (Å²) >= 11 is 0. The zero-order valence-corrected chi connectivity index (χ0v) is 23.0. The highest BCUT2D eigenvalue weighted by Gasteiger charge is 2.49. The van der Waals surface area contributed by atoms with Gasteiger partial charge in [-0.05, 0) is 60.4 Å². The summed E-state index contributed by atoms with van der Waals surface area (Å²) in [6.07, 6.45) is 16.5. The minimum atomic E-state index is -2.42. The van der Waals surface area contributed by atoms with Gasteiger partial charge in [0.25, 0.3) is 8.32 Å². The van der Waals surface area contributed by atoms with Gasteiger partial charge >= 0.3 is 0 Å². The Hall–Kier alpha value is -1.98. The molecule has 1 fully saturated rings. The van der Waals surface area contributed by atoms with Crippen LogP contribution in [-0.2, 0) is 13.9 Å². The maximum absolute atomic E-state index is 6.93. The minimum Gasteiger partial charge on any atom is -0.407 e. The smallest absolute Gasteiger partial charge is 0.261 e. The average Bonchev–Trinajstić information content (AvgIpc) is 2.88. The first-order chi connectivity index (χ1) is 17.0. The first-order valence-electron chi connectivity index (χ1n) is 13.3. The Kier molecular flexibility index (Phi) is 11.5. The molecule has 1 aliphatic rings.